The maximum Gasteiger partial charge on any atom is 0.126 e. The third kappa shape index (κ3) is 1.54. The van der Waals surface area contributed by atoms with E-state index in [0.717, 1.165) is 13.1 Å². The Hall–Kier alpha value is -0.670. The highest BCUT2D eigenvalue weighted by Crippen LogP contribution is 2.55. The van der Waals surface area contributed by atoms with Crippen LogP contribution in [0.15, 0.2) is 5.57 Å². The molecule has 84 valence electrons. The Morgan fingerprint density at radius 1 is 1.60 bits per heavy atom. The van der Waals surface area contributed by atoms with Crippen LogP contribution in [0.2, 0.25) is 0 Å². The normalized spacial score (nSPS) is 39.6. The lowest BCUT2D eigenvalue weighted by molar-refractivity contribution is -0.0723. The van der Waals surface area contributed by atoms with Crippen LogP contribution >= 0.6 is 0 Å². The lowest BCUT2D eigenvalue weighted by Gasteiger charge is -2.28. The largest absolute Gasteiger partial charge is 0.370 e. The van der Waals surface area contributed by atoms with Gasteiger partial charge < -0.3 is 15.8 Å². The molecule has 1 aliphatic carbocycles. The van der Waals surface area contributed by atoms with Crippen molar-refractivity contribution in [3.63, 3.8) is 0 Å². The Morgan fingerprint density at radius 2 is 2.27 bits per heavy atom. The van der Waals surface area contributed by atoms with Gasteiger partial charge in [-0.25, -0.2) is 4.79 Å². The summed E-state index contributed by atoms with van der Waals surface area (Å²) < 4.78 is 5.94. The van der Waals surface area contributed by atoms with Gasteiger partial charge in [-0.2, -0.15) is 0 Å². The molecule has 2 rings (SSSR count). The lowest BCUT2D eigenvalue weighted by Crippen LogP contribution is -2.36. The molecule has 1 heterocycles. The maximum absolute atomic E-state index is 10.7. The molecule has 3 unspecified atom stereocenters. The SMILES string of the molecule is CC(C)(C)OC1CNCC12C(=C=O)C2N. The van der Waals surface area contributed by atoms with Gasteiger partial charge in [0.2, 0.25) is 0 Å². The molecule has 1 saturated heterocycles. The highest BCUT2D eigenvalue weighted by Gasteiger charge is 2.67. The molecule has 1 aliphatic heterocycles. The quantitative estimate of drug-likeness (QED) is 0.591. The summed E-state index contributed by atoms with van der Waals surface area (Å²) in [6.45, 7) is 7.53. The van der Waals surface area contributed by atoms with Gasteiger partial charge in [0.1, 0.15) is 5.94 Å². The maximum atomic E-state index is 10.7. The third-order valence-corrected chi connectivity index (χ3v) is 3.21. The molecule has 0 amide bonds. The first-order valence-corrected chi connectivity index (χ1v) is 5.31. The smallest absolute Gasteiger partial charge is 0.126 e. The van der Waals surface area contributed by atoms with Crippen molar-refractivity contribution in [1.82, 2.24) is 5.32 Å². The summed E-state index contributed by atoms with van der Waals surface area (Å²) in [5, 5.41) is 3.24. The first-order chi connectivity index (χ1) is 6.92. The van der Waals surface area contributed by atoms with Crippen LogP contribution in [0.5, 0.6) is 0 Å². The van der Waals surface area contributed by atoms with Crippen LogP contribution in [0.4, 0.5) is 0 Å². The van der Waals surface area contributed by atoms with Gasteiger partial charge in [0.25, 0.3) is 0 Å². The molecule has 3 N–H and O–H groups in total. The van der Waals surface area contributed by atoms with Crippen LogP contribution in [0.3, 0.4) is 0 Å². The van der Waals surface area contributed by atoms with Crippen LogP contribution in [-0.4, -0.2) is 36.8 Å². The van der Waals surface area contributed by atoms with E-state index < -0.39 is 0 Å². The summed E-state index contributed by atoms with van der Waals surface area (Å²) in [5.41, 5.74) is 6.11. The summed E-state index contributed by atoms with van der Waals surface area (Å²) in [6, 6.07) is -0.169. The monoisotopic (exact) mass is 210 g/mol. The number of hydrogen-bond acceptors (Lipinski definition) is 4. The number of rotatable bonds is 1. The minimum absolute atomic E-state index is 0.00366. The Morgan fingerprint density at radius 3 is 2.73 bits per heavy atom. The van der Waals surface area contributed by atoms with Crippen molar-refractivity contribution in [2.45, 2.75) is 38.5 Å². The Balaban J connectivity index is 2.18. The van der Waals surface area contributed by atoms with E-state index in [0.29, 0.717) is 5.57 Å². The van der Waals surface area contributed by atoms with Crippen molar-refractivity contribution in [1.29, 1.82) is 0 Å². The van der Waals surface area contributed by atoms with E-state index in [-0.39, 0.29) is 23.2 Å². The van der Waals surface area contributed by atoms with Gasteiger partial charge in [-0.3, -0.25) is 0 Å². The summed E-state index contributed by atoms with van der Waals surface area (Å²) in [4.78, 5) is 10.7. The first kappa shape index (κ1) is 10.8. The van der Waals surface area contributed by atoms with Crippen LogP contribution in [0.25, 0.3) is 0 Å². The number of ether oxygens (including phenoxy) is 1. The van der Waals surface area contributed by atoms with Crippen LogP contribution in [0, 0.1) is 5.41 Å². The molecule has 1 spiro atoms. The number of hydrogen-bond donors (Lipinski definition) is 2. The molecule has 0 aromatic heterocycles. The van der Waals surface area contributed by atoms with Gasteiger partial charge in [0, 0.05) is 18.7 Å². The number of nitrogens with two attached hydrogens (primary N) is 1. The van der Waals surface area contributed by atoms with Gasteiger partial charge in [-0.1, -0.05) is 0 Å². The molecule has 0 aromatic carbocycles. The molecule has 0 bridgehead atoms. The van der Waals surface area contributed by atoms with Crippen molar-refractivity contribution in [3.8, 4) is 0 Å². The van der Waals surface area contributed by atoms with Crippen molar-refractivity contribution in [2.24, 2.45) is 11.1 Å². The Labute approximate surface area is 89.9 Å². The molecular weight excluding hydrogens is 192 g/mol. The zero-order valence-electron chi connectivity index (χ0n) is 9.46. The standard InChI is InChI=1S/C11H18N2O2/c1-10(2,3)15-8-4-13-6-11(8)7(5-14)9(11)12/h8-9,13H,4,6,12H2,1-3H3. The highest BCUT2D eigenvalue weighted by atomic mass is 16.5. The molecule has 4 nitrogen and oxygen atoms in total. The van der Waals surface area contributed by atoms with Crippen molar-refractivity contribution >= 4 is 5.94 Å². The Kier molecular flexibility index (Phi) is 2.28. The van der Waals surface area contributed by atoms with Crippen molar-refractivity contribution in [3.05, 3.63) is 5.57 Å². The van der Waals surface area contributed by atoms with Gasteiger partial charge in [0.05, 0.1) is 23.2 Å². The van der Waals surface area contributed by atoms with E-state index in [1.807, 2.05) is 26.7 Å². The van der Waals surface area contributed by atoms with E-state index in [1.54, 1.807) is 0 Å². The van der Waals surface area contributed by atoms with Crippen LogP contribution in [0.1, 0.15) is 20.8 Å². The zero-order valence-corrected chi connectivity index (χ0v) is 9.46. The molecule has 1 saturated carbocycles. The fraction of sp³-hybridized carbons (Fsp3) is 0.818. The number of nitrogens with one attached hydrogen (secondary N) is 1. The van der Waals surface area contributed by atoms with E-state index in [9.17, 15) is 4.79 Å². The van der Waals surface area contributed by atoms with Crippen molar-refractivity contribution < 1.29 is 9.53 Å². The van der Waals surface area contributed by atoms with E-state index in [4.69, 9.17) is 10.5 Å². The topological polar surface area (TPSA) is 64.3 Å². The first-order valence-electron chi connectivity index (χ1n) is 5.31. The predicted molar refractivity (Wildman–Crippen MR) is 57.1 cm³/mol. The highest BCUT2D eigenvalue weighted by molar-refractivity contribution is 5.69. The summed E-state index contributed by atoms with van der Waals surface area (Å²) in [6.07, 6.45) is 0.00366. The molecule has 2 fully saturated rings. The minimum Gasteiger partial charge on any atom is -0.370 e. The van der Waals surface area contributed by atoms with Gasteiger partial charge in [0.15, 0.2) is 0 Å². The predicted octanol–water partition coefficient (Wildman–Crippen LogP) is -0.141. The average molecular weight is 210 g/mol. The number of carbonyl (C=O) groups excluding carboxylic acids is 1. The molecule has 2 aliphatic rings. The fourth-order valence-corrected chi connectivity index (χ4v) is 2.44. The lowest BCUT2D eigenvalue weighted by atomic mass is 10.00. The molecule has 0 aromatic rings. The molecule has 3 atom stereocenters. The fourth-order valence-electron chi connectivity index (χ4n) is 2.44. The van der Waals surface area contributed by atoms with Gasteiger partial charge in [-0.15, -0.1) is 0 Å². The zero-order chi connectivity index (χ0) is 11.3. The van der Waals surface area contributed by atoms with E-state index >= 15 is 0 Å². The molecule has 4 heteroatoms. The van der Waals surface area contributed by atoms with Crippen LogP contribution in [-0.2, 0) is 9.53 Å². The van der Waals surface area contributed by atoms with E-state index in [1.165, 1.54) is 0 Å². The third-order valence-electron chi connectivity index (χ3n) is 3.21. The van der Waals surface area contributed by atoms with Crippen molar-refractivity contribution in [2.75, 3.05) is 13.1 Å². The van der Waals surface area contributed by atoms with Gasteiger partial charge >= 0.3 is 0 Å². The van der Waals surface area contributed by atoms with Gasteiger partial charge in [-0.05, 0) is 20.8 Å². The van der Waals surface area contributed by atoms with E-state index in [2.05, 4.69) is 5.32 Å². The van der Waals surface area contributed by atoms with Crippen LogP contribution < -0.4 is 11.1 Å². The molecule has 15 heavy (non-hydrogen) atoms. The minimum atomic E-state index is -0.269. The molecule has 0 radical (unpaired) electrons. The summed E-state index contributed by atoms with van der Waals surface area (Å²) >= 11 is 0. The Bertz CT molecular complexity index is 328. The second-order valence-electron chi connectivity index (χ2n) is 5.38. The summed E-state index contributed by atoms with van der Waals surface area (Å²) in [5.74, 6) is 1.96. The average Bonchev–Trinajstić information content (AvgIpc) is 2.48. The summed E-state index contributed by atoms with van der Waals surface area (Å²) in [7, 11) is 0. The second-order valence-corrected chi connectivity index (χ2v) is 5.38. The second kappa shape index (κ2) is 3.16. The molecular formula is C11H18N2O2.